The Bertz CT molecular complexity index is 1050. The van der Waals surface area contributed by atoms with Gasteiger partial charge in [-0.05, 0) is 24.3 Å². The molecule has 11 heteroatoms. The van der Waals surface area contributed by atoms with Gasteiger partial charge in [0.2, 0.25) is 0 Å². The lowest BCUT2D eigenvalue weighted by molar-refractivity contribution is -0.402. The second kappa shape index (κ2) is 8.57. The van der Waals surface area contributed by atoms with Gasteiger partial charge in [-0.25, -0.2) is 4.98 Å². The molecule has 0 aliphatic carbocycles. The second-order valence-corrected chi connectivity index (χ2v) is 8.34. The highest BCUT2D eigenvalue weighted by atomic mass is 79.9. The van der Waals surface area contributed by atoms with Gasteiger partial charge < -0.3 is 9.15 Å². The third kappa shape index (κ3) is 4.47. The summed E-state index contributed by atoms with van der Waals surface area (Å²) >= 11 is 4.83. The molecule has 3 aromatic rings. The monoisotopic (exact) mass is 480 g/mol. The van der Waals surface area contributed by atoms with Gasteiger partial charge in [-0.2, -0.15) is 0 Å². The number of nitrogens with zero attached hydrogens (tertiary/aromatic N) is 4. The molecule has 1 aliphatic heterocycles. The van der Waals surface area contributed by atoms with E-state index in [1.54, 1.807) is 0 Å². The number of nitro groups is 1. The Morgan fingerprint density at radius 1 is 1.31 bits per heavy atom. The number of benzene rings is 1. The predicted octanol–water partition coefficient (Wildman–Crippen LogP) is 3.54. The number of carbonyl (C=O) groups excluding carboxylic acids is 1. The van der Waals surface area contributed by atoms with Crippen LogP contribution in [0.25, 0.3) is 10.2 Å². The number of anilines is 1. The molecule has 1 saturated heterocycles. The van der Waals surface area contributed by atoms with Crippen LogP contribution < -0.4 is 4.90 Å². The number of hydrogen-bond donors (Lipinski definition) is 0. The summed E-state index contributed by atoms with van der Waals surface area (Å²) in [6, 6.07) is 8.22. The fraction of sp³-hybridized carbons (Fsp3) is 0.333. The average Bonchev–Trinajstić information content (AvgIpc) is 3.36. The van der Waals surface area contributed by atoms with Crippen LogP contribution in [0.3, 0.4) is 0 Å². The Morgan fingerprint density at radius 3 is 2.83 bits per heavy atom. The molecule has 0 saturated carbocycles. The zero-order valence-electron chi connectivity index (χ0n) is 15.2. The molecule has 1 amide bonds. The first kappa shape index (κ1) is 20.0. The molecule has 1 aliphatic rings. The van der Waals surface area contributed by atoms with Crippen molar-refractivity contribution in [1.29, 1.82) is 0 Å². The summed E-state index contributed by atoms with van der Waals surface area (Å²) in [4.78, 5) is 31.7. The van der Waals surface area contributed by atoms with Crippen LogP contribution >= 0.6 is 27.3 Å². The van der Waals surface area contributed by atoms with E-state index in [4.69, 9.17) is 9.15 Å². The van der Waals surface area contributed by atoms with Crippen molar-refractivity contribution in [3.63, 3.8) is 0 Å². The third-order valence-corrected chi connectivity index (χ3v) is 6.08. The number of thiazole rings is 1. The number of halogens is 1. The van der Waals surface area contributed by atoms with E-state index in [9.17, 15) is 14.9 Å². The smallest absolute Gasteiger partial charge is 0.395 e. The number of fused-ring (bicyclic) bond motifs is 1. The Labute approximate surface area is 178 Å². The van der Waals surface area contributed by atoms with Crippen molar-refractivity contribution >= 4 is 54.4 Å². The lowest BCUT2D eigenvalue weighted by Crippen LogP contribution is -2.43. The highest BCUT2D eigenvalue weighted by Gasteiger charge is 2.27. The molecule has 0 bridgehead atoms. The molecular formula is C18H17BrN4O5S. The molecule has 0 atom stereocenters. The standard InChI is InChI=1S/C18H17BrN4O5S/c19-12-1-2-13-15(11-12)29-18(20-13)22(6-5-21-7-9-27-10-8-21)17(24)14-3-4-16(28-14)23(25)26/h1-4,11H,5-10H2. The van der Waals surface area contributed by atoms with Crippen LogP contribution in [0.2, 0.25) is 0 Å². The number of furan rings is 1. The fourth-order valence-electron chi connectivity index (χ4n) is 3.03. The van der Waals surface area contributed by atoms with E-state index in [2.05, 4.69) is 25.8 Å². The van der Waals surface area contributed by atoms with E-state index in [-0.39, 0.29) is 5.76 Å². The molecule has 0 spiro atoms. The minimum atomic E-state index is -0.663. The van der Waals surface area contributed by atoms with Crippen LogP contribution in [0.15, 0.2) is 39.2 Å². The van der Waals surface area contributed by atoms with Crippen molar-refractivity contribution in [2.24, 2.45) is 0 Å². The molecule has 0 unspecified atom stereocenters. The summed E-state index contributed by atoms with van der Waals surface area (Å²) in [5.74, 6) is -1.00. The molecule has 1 fully saturated rings. The zero-order valence-corrected chi connectivity index (χ0v) is 17.6. The van der Waals surface area contributed by atoms with E-state index >= 15 is 0 Å². The number of aromatic nitrogens is 1. The summed E-state index contributed by atoms with van der Waals surface area (Å²) in [6.07, 6.45) is 0. The normalized spacial score (nSPS) is 14.9. The lowest BCUT2D eigenvalue weighted by Gasteiger charge is -2.28. The molecule has 152 valence electrons. The maximum atomic E-state index is 13.1. The van der Waals surface area contributed by atoms with Gasteiger partial charge in [0, 0.05) is 30.7 Å². The number of ether oxygens (including phenoxy) is 1. The maximum absolute atomic E-state index is 13.1. The van der Waals surface area contributed by atoms with Crippen molar-refractivity contribution < 1.29 is 18.9 Å². The van der Waals surface area contributed by atoms with Crippen LogP contribution in [0.1, 0.15) is 10.6 Å². The van der Waals surface area contributed by atoms with E-state index in [1.165, 1.54) is 28.4 Å². The Kier molecular flexibility index (Phi) is 5.90. The molecule has 3 heterocycles. The average molecular weight is 481 g/mol. The SMILES string of the molecule is O=C(c1ccc([N+](=O)[O-])o1)N(CCN1CCOCC1)c1nc2ccc(Br)cc2s1. The van der Waals surface area contributed by atoms with E-state index in [0.29, 0.717) is 31.4 Å². The number of rotatable bonds is 6. The molecule has 2 aromatic heterocycles. The van der Waals surface area contributed by atoms with Gasteiger partial charge in [0.15, 0.2) is 10.9 Å². The highest BCUT2D eigenvalue weighted by Crippen LogP contribution is 2.32. The van der Waals surface area contributed by atoms with Gasteiger partial charge in [-0.1, -0.05) is 27.3 Å². The molecule has 0 radical (unpaired) electrons. The van der Waals surface area contributed by atoms with Crippen LogP contribution in [0.4, 0.5) is 11.0 Å². The van der Waals surface area contributed by atoms with E-state index in [1.807, 2.05) is 18.2 Å². The molecule has 4 rings (SSSR count). The van der Waals surface area contributed by atoms with Gasteiger partial charge in [0.1, 0.15) is 4.92 Å². The van der Waals surface area contributed by atoms with Crippen LogP contribution in [-0.4, -0.2) is 60.1 Å². The highest BCUT2D eigenvalue weighted by molar-refractivity contribution is 9.10. The summed E-state index contributed by atoms with van der Waals surface area (Å²) in [7, 11) is 0. The Balaban J connectivity index is 1.62. The minimum absolute atomic E-state index is 0.0842. The van der Waals surface area contributed by atoms with Crippen LogP contribution in [0.5, 0.6) is 0 Å². The molecule has 0 N–H and O–H groups in total. The fourth-order valence-corrected chi connectivity index (χ4v) is 4.57. The van der Waals surface area contributed by atoms with E-state index < -0.39 is 16.7 Å². The maximum Gasteiger partial charge on any atom is 0.433 e. The molecular weight excluding hydrogens is 464 g/mol. The van der Waals surface area contributed by atoms with Crippen molar-refractivity contribution in [3.05, 3.63) is 50.7 Å². The predicted molar refractivity (Wildman–Crippen MR) is 112 cm³/mol. The third-order valence-electron chi connectivity index (χ3n) is 4.54. The quantitative estimate of drug-likeness (QED) is 0.392. The first-order chi connectivity index (χ1) is 14.0. The van der Waals surface area contributed by atoms with E-state index in [0.717, 1.165) is 27.8 Å². The summed E-state index contributed by atoms with van der Waals surface area (Å²) in [6.45, 7) is 3.93. The summed E-state index contributed by atoms with van der Waals surface area (Å²) < 4.78 is 12.4. The van der Waals surface area contributed by atoms with Gasteiger partial charge >= 0.3 is 5.88 Å². The number of hydrogen-bond acceptors (Lipinski definition) is 8. The molecule has 29 heavy (non-hydrogen) atoms. The summed E-state index contributed by atoms with van der Waals surface area (Å²) in [5.41, 5.74) is 0.780. The number of morpholine rings is 1. The van der Waals surface area contributed by atoms with Gasteiger partial charge in [0.05, 0.1) is 29.5 Å². The number of amides is 1. The van der Waals surface area contributed by atoms with Crippen molar-refractivity contribution in [2.75, 3.05) is 44.3 Å². The van der Waals surface area contributed by atoms with Gasteiger partial charge in [0.25, 0.3) is 5.91 Å². The Hall–Kier alpha value is -2.34. The Morgan fingerprint density at radius 2 is 2.10 bits per heavy atom. The topological polar surface area (TPSA) is 102 Å². The summed E-state index contributed by atoms with van der Waals surface area (Å²) in [5, 5.41) is 11.4. The molecule has 1 aromatic carbocycles. The molecule has 9 nitrogen and oxygen atoms in total. The minimum Gasteiger partial charge on any atom is -0.395 e. The largest absolute Gasteiger partial charge is 0.433 e. The first-order valence-corrected chi connectivity index (χ1v) is 10.5. The lowest BCUT2D eigenvalue weighted by atomic mass is 10.3. The zero-order chi connectivity index (χ0) is 20.4. The van der Waals surface area contributed by atoms with Crippen molar-refractivity contribution in [2.45, 2.75) is 0 Å². The van der Waals surface area contributed by atoms with Crippen molar-refractivity contribution in [1.82, 2.24) is 9.88 Å². The van der Waals surface area contributed by atoms with Gasteiger partial charge in [-0.3, -0.25) is 24.7 Å². The second-order valence-electron chi connectivity index (χ2n) is 6.41. The van der Waals surface area contributed by atoms with Crippen molar-refractivity contribution in [3.8, 4) is 0 Å². The number of carbonyl (C=O) groups is 1. The van der Waals surface area contributed by atoms with Crippen LogP contribution in [-0.2, 0) is 4.74 Å². The first-order valence-electron chi connectivity index (χ1n) is 8.93. The van der Waals surface area contributed by atoms with Gasteiger partial charge in [-0.15, -0.1) is 0 Å². The van der Waals surface area contributed by atoms with Crippen LogP contribution in [0, 0.1) is 10.1 Å².